The molecule has 0 fully saturated rings. The van der Waals surface area contributed by atoms with E-state index in [1.54, 1.807) is 0 Å². The molecule has 7 rings (SSSR count). The summed E-state index contributed by atoms with van der Waals surface area (Å²) in [5, 5.41) is 5.66. The van der Waals surface area contributed by atoms with E-state index in [0.717, 1.165) is 39.1 Å². The number of benzene rings is 6. The lowest BCUT2D eigenvalue weighted by molar-refractivity contribution is 1.11. The molecule has 0 radical (unpaired) electrons. The van der Waals surface area contributed by atoms with Gasteiger partial charge in [-0.3, -0.25) is 0 Å². The van der Waals surface area contributed by atoms with Gasteiger partial charge in [-0.1, -0.05) is 152 Å². The lowest BCUT2D eigenvalue weighted by Crippen LogP contribution is -1.98. The molecule has 0 saturated carbocycles. The van der Waals surface area contributed by atoms with Crippen molar-refractivity contribution in [3.8, 4) is 56.0 Å². The molecule has 1 aromatic heterocycles. The maximum atomic E-state index is 5.25. The number of hydrogen-bond donors (Lipinski definition) is 1. The first kappa shape index (κ1) is 29.6. The Hall–Kier alpha value is -6.06. The summed E-state index contributed by atoms with van der Waals surface area (Å²) in [5.74, 6) is 0.693. The monoisotopic (exact) mass is 605 g/mol. The number of hydrogen-bond acceptors (Lipinski definition) is 3. The minimum absolute atomic E-state index is 0.693. The third-order valence-corrected chi connectivity index (χ3v) is 8.45. The lowest BCUT2D eigenvalue weighted by atomic mass is 9.95. The zero-order valence-corrected chi connectivity index (χ0v) is 26.6. The van der Waals surface area contributed by atoms with E-state index in [1.165, 1.54) is 33.0 Å². The highest BCUT2D eigenvalue weighted by Gasteiger charge is 2.15. The number of aromatic nitrogens is 2. The van der Waals surface area contributed by atoms with Crippen LogP contribution in [-0.4, -0.2) is 17.0 Å². The fraction of sp³-hybridized carbons (Fsp3) is 0.0455. The molecule has 0 aliphatic carbocycles. The molecular formula is C44H35N3. The van der Waals surface area contributed by atoms with Gasteiger partial charge >= 0.3 is 0 Å². The van der Waals surface area contributed by atoms with Gasteiger partial charge in [0.1, 0.15) is 0 Å². The molecule has 3 heteroatoms. The summed E-state index contributed by atoms with van der Waals surface area (Å²) in [6.07, 6.45) is 8.16. The van der Waals surface area contributed by atoms with Crippen LogP contribution in [0.15, 0.2) is 170 Å². The van der Waals surface area contributed by atoms with E-state index in [9.17, 15) is 0 Å². The molecular weight excluding hydrogens is 571 g/mol. The third-order valence-electron chi connectivity index (χ3n) is 8.45. The molecule has 0 spiro atoms. The van der Waals surface area contributed by atoms with Crippen molar-refractivity contribution < 1.29 is 0 Å². The van der Waals surface area contributed by atoms with Gasteiger partial charge in [0.25, 0.3) is 0 Å². The lowest BCUT2D eigenvalue weighted by Gasteiger charge is -2.14. The maximum absolute atomic E-state index is 5.25. The zero-order chi connectivity index (χ0) is 32.0. The van der Waals surface area contributed by atoms with Gasteiger partial charge in [-0.25, -0.2) is 9.97 Å². The van der Waals surface area contributed by atoms with Crippen molar-refractivity contribution >= 4 is 16.3 Å². The van der Waals surface area contributed by atoms with E-state index in [-0.39, 0.29) is 0 Å². The topological polar surface area (TPSA) is 37.8 Å². The van der Waals surface area contributed by atoms with Crippen LogP contribution in [-0.2, 0) is 0 Å². The van der Waals surface area contributed by atoms with Crippen molar-refractivity contribution in [2.24, 2.45) is 0 Å². The van der Waals surface area contributed by atoms with E-state index in [0.29, 0.717) is 5.82 Å². The van der Waals surface area contributed by atoms with Crippen molar-refractivity contribution in [1.82, 2.24) is 15.3 Å². The molecule has 6 aromatic carbocycles. The number of nitrogens with zero attached hydrogens (tertiary/aromatic N) is 2. The zero-order valence-electron chi connectivity index (χ0n) is 26.6. The molecule has 0 unspecified atom stereocenters. The van der Waals surface area contributed by atoms with Gasteiger partial charge in [0.05, 0.1) is 5.69 Å². The first-order valence-corrected chi connectivity index (χ1v) is 15.9. The van der Waals surface area contributed by atoms with Gasteiger partial charge < -0.3 is 5.32 Å². The highest BCUT2D eigenvalue weighted by atomic mass is 14.9. The summed E-state index contributed by atoms with van der Waals surface area (Å²) < 4.78 is 0. The smallest absolute Gasteiger partial charge is 0.159 e. The Bertz CT molecular complexity index is 2210. The molecule has 0 bridgehead atoms. The number of fused-ring (bicyclic) bond motifs is 1. The second-order valence-corrected chi connectivity index (χ2v) is 11.5. The van der Waals surface area contributed by atoms with Crippen LogP contribution in [0.2, 0.25) is 0 Å². The molecule has 0 atom stereocenters. The number of allylic oxidation sites excluding steroid dienone is 3. The van der Waals surface area contributed by atoms with Gasteiger partial charge in [0.2, 0.25) is 0 Å². The molecule has 3 nitrogen and oxygen atoms in total. The molecule has 0 amide bonds. The van der Waals surface area contributed by atoms with Crippen LogP contribution in [0.5, 0.6) is 0 Å². The van der Waals surface area contributed by atoms with E-state index >= 15 is 0 Å². The average molecular weight is 606 g/mol. The first-order chi connectivity index (χ1) is 23.2. The van der Waals surface area contributed by atoms with Crippen LogP contribution in [0.1, 0.15) is 12.5 Å². The van der Waals surface area contributed by atoms with E-state index in [4.69, 9.17) is 9.97 Å². The summed E-state index contributed by atoms with van der Waals surface area (Å²) >= 11 is 0. The summed E-state index contributed by atoms with van der Waals surface area (Å²) in [7, 11) is 1.92. The Labute approximate surface area is 276 Å². The van der Waals surface area contributed by atoms with Gasteiger partial charge in [-0.2, -0.15) is 0 Å². The van der Waals surface area contributed by atoms with E-state index < -0.39 is 0 Å². The maximum Gasteiger partial charge on any atom is 0.159 e. The van der Waals surface area contributed by atoms with E-state index in [1.807, 2.05) is 32.4 Å². The van der Waals surface area contributed by atoms with Crippen LogP contribution < -0.4 is 5.32 Å². The Morgan fingerprint density at radius 1 is 0.574 bits per heavy atom. The Morgan fingerprint density at radius 2 is 1.19 bits per heavy atom. The quantitative estimate of drug-likeness (QED) is 0.175. The number of rotatable bonds is 8. The summed E-state index contributed by atoms with van der Waals surface area (Å²) in [6, 6.07) is 51.3. The normalized spacial score (nSPS) is 11.7. The molecule has 7 aromatic rings. The molecule has 47 heavy (non-hydrogen) atoms. The molecule has 226 valence electrons. The third kappa shape index (κ3) is 6.25. The minimum Gasteiger partial charge on any atom is -0.393 e. The minimum atomic E-state index is 0.693. The number of nitrogens with one attached hydrogen (secondary N) is 1. The van der Waals surface area contributed by atoms with Crippen molar-refractivity contribution in [2.45, 2.75) is 6.92 Å². The highest BCUT2D eigenvalue weighted by molar-refractivity contribution is 5.97. The largest absolute Gasteiger partial charge is 0.393 e. The fourth-order valence-corrected chi connectivity index (χ4v) is 6.11. The predicted octanol–water partition coefficient (Wildman–Crippen LogP) is 11.1. The van der Waals surface area contributed by atoms with Crippen LogP contribution >= 0.6 is 0 Å². The van der Waals surface area contributed by atoms with Gasteiger partial charge in [0.15, 0.2) is 5.82 Å². The Morgan fingerprint density at radius 3 is 1.96 bits per heavy atom. The van der Waals surface area contributed by atoms with Gasteiger partial charge in [0, 0.05) is 36.1 Å². The SMILES string of the molecule is C/C=C\C(=C/NC)c1cccc(-c2nc(-c3ccc(-c4cccc5ccccc45)cc3)ncc2-c2ccc(-c3ccccc3)cc2)c1. The second kappa shape index (κ2) is 13.5. The van der Waals surface area contributed by atoms with Crippen LogP contribution in [0.3, 0.4) is 0 Å². The van der Waals surface area contributed by atoms with Gasteiger partial charge in [-0.15, -0.1) is 0 Å². The molecule has 0 saturated heterocycles. The summed E-state index contributed by atoms with van der Waals surface area (Å²) in [4.78, 5) is 10.2. The standard InChI is InChI=1S/C44H35N3/c1-3-11-39(29-45-2)37-16-9-17-38(28-37)43-42(35-22-20-32(21-23-35)31-12-5-4-6-13-31)30-46-44(47-43)36-26-24-34(25-27-36)41-19-10-15-33-14-7-8-18-40(33)41/h3-30,45H,1-2H3/b11-3-,39-29+. The van der Waals surface area contributed by atoms with Crippen molar-refractivity contribution in [3.05, 3.63) is 176 Å². The van der Waals surface area contributed by atoms with Crippen LogP contribution in [0.25, 0.3) is 72.4 Å². The summed E-state index contributed by atoms with van der Waals surface area (Å²) in [6.45, 7) is 2.03. The van der Waals surface area contributed by atoms with Crippen molar-refractivity contribution in [2.75, 3.05) is 7.05 Å². The molecule has 0 aliphatic rings. The first-order valence-electron chi connectivity index (χ1n) is 15.9. The second-order valence-electron chi connectivity index (χ2n) is 11.5. The highest BCUT2D eigenvalue weighted by Crippen LogP contribution is 2.35. The molecule has 1 N–H and O–H groups in total. The molecule has 0 aliphatic heterocycles. The van der Waals surface area contributed by atoms with Crippen LogP contribution in [0.4, 0.5) is 0 Å². The Kier molecular flexibility index (Phi) is 8.52. The van der Waals surface area contributed by atoms with Gasteiger partial charge in [-0.05, 0) is 62.7 Å². The fourth-order valence-electron chi connectivity index (χ4n) is 6.11. The average Bonchev–Trinajstić information content (AvgIpc) is 3.15. The van der Waals surface area contributed by atoms with Crippen molar-refractivity contribution in [1.29, 1.82) is 0 Å². The molecule has 1 heterocycles. The van der Waals surface area contributed by atoms with Crippen LogP contribution in [0, 0.1) is 0 Å². The summed E-state index contributed by atoms with van der Waals surface area (Å²) in [5.41, 5.74) is 11.9. The van der Waals surface area contributed by atoms with E-state index in [2.05, 4.69) is 157 Å². The predicted molar refractivity (Wildman–Crippen MR) is 199 cm³/mol. The van der Waals surface area contributed by atoms with Crippen molar-refractivity contribution in [3.63, 3.8) is 0 Å². The Balaban J connectivity index is 1.32.